The molecule has 0 spiro atoms. The minimum atomic E-state index is -2.62. The van der Waals surface area contributed by atoms with E-state index in [2.05, 4.69) is 21.0 Å². The van der Waals surface area contributed by atoms with Crippen LogP contribution < -0.4 is 0 Å². The van der Waals surface area contributed by atoms with Gasteiger partial charge in [-0.1, -0.05) is 116 Å². The van der Waals surface area contributed by atoms with Crippen LogP contribution in [0.3, 0.4) is 0 Å². The maximum Gasteiger partial charge on any atom is 0.783 e. The predicted octanol–water partition coefficient (Wildman–Crippen LogP) is 7.87. The molecule has 188 valence electrons. The molecule has 0 unspecified atom stereocenters. The van der Waals surface area contributed by atoms with Gasteiger partial charge >= 0.3 is 8.97 Å². The molecular weight excluding hydrogens is 402 g/mol. The lowest BCUT2D eigenvalue weighted by Gasteiger charge is -2.39. The Kier molecular flexibility index (Phi) is 20.7. The monoisotopic (exact) mass is 460 g/mol. The fourth-order valence-corrected chi connectivity index (χ4v) is 7.13. The predicted molar refractivity (Wildman–Crippen MR) is 137 cm³/mol. The van der Waals surface area contributed by atoms with E-state index in [0.717, 1.165) is 6.54 Å². The zero-order valence-electron chi connectivity index (χ0n) is 22.3. The highest BCUT2D eigenvalue weighted by molar-refractivity contribution is 6.52. The maximum absolute atomic E-state index is 5.66. The lowest BCUT2D eigenvalue weighted by Crippen LogP contribution is -2.68. The van der Waals surface area contributed by atoms with Crippen LogP contribution in [0.1, 0.15) is 129 Å². The summed E-state index contributed by atoms with van der Waals surface area (Å²) in [5.41, 5.74) is 0. The third-order valence-electron chi connectivity index (χ3n) is 6.84. The highest BCUT2D eigenvalue weighted by Gasteiger charge is 2.59. The third kappa shape index (κ3) is 14.7. The summed E-state index contributed by atoms with van der Waals surface area (Å²) in [6, 6.07) is 0. The summed E-state index contributed by atoms with van der Waals surface area (Å²) in [6.45, 7) is 3.34. The first kappa shape index (κ1) is 31.1. The molecule has 0 aromatic heterocycles. The van der Waals surface area contributed by atoms with Gasteiger partial charge in [0.2, 0.25) is 0 Å². The lowest BCUT2D eigenvalue weighted by atomic mass is 10.0. The Morgan fingerprint density at radius 2 is 0.710 bits per heavy atom. The van der Waals surface area contributed by atoms with Gasteiger partial charge in [-0.25, -0.2) is 0 Å². The van der Waals surface area contributed by atoms with Crippen molar-refractivity contribution in [1.82, 2.24) is 0 Å². The molecule has 0 amide bonds. The van der Waals surface area contributed by atoms with Gasteiger partial charge in [-0.05, 0) is 12.8 Å². The first-order valence-corrected chi connectivity index (χ1v) is 15.2. The van der Waals surface area contributed by atoms with Crippen molar-refractivity contribution in [3.05, 3.63) is 0 Å². The zero-order chi connectivity index (χ0) is 23.3. The van der Waals surface area contributed by atoms with Crippen LogP contribution in [-0.2, 0) is 13.3 Å². The first-order chi connectivity index (χ1) is 15.0. The molecule has 0 radical (unpaired) electrons. The minimum absolute atomic E-state index is 0.690. The van der Waals surface area contributed by atoms with E-state index in [9.17, 15) is 0 Å². The van der Waals surface area contributed by atoms with Crippen molar-refractivity contribution in [2.75, 3.05) is 42.0 Å². The zero-order valence-corrected chi connectivity index (χ0v) is 23.3. The summed E-state index contributed by atoms with van der Waals surface area (Å²) in [6.07, 6.45) is 26.9. The molecule has 0 fully saturated rings. The Morgan fingerprint density at radius 1 is 0.452 bits per heavy atom. The van der Waals surface area contributed by atoms with E-state index < -0.39 is 8.97 Å². The van der Waals surface area contributed by atoms with Crippen LogP contribution in [-0.4, -0.2) is 55.1 Å². The van der Waals surface area contributed by atoms with Gasteiger partial charge in [0, 0.05) is 21.3 Å². The van der Waals surface area contributed by atoms with Gasteiger partial charge in [0.05, 0.1) is 20.6 Å². The van der Waals surface area contributed by atoms with E-state index in [4.69, 9.17) is 13.3 Å². The normalized spacial score (nSPS) is 12.6. The van der Waals surface area contributed by atoms with Gasteiger partial charge in [-0.3, -0.25) is 0 Å². The van der Waals surface area contributed by atoms with E-state index in [1.807, 2.05) is 0 Å². The summed E-state index contributed by atoms with van der Waals surface area (Å²) < 4.78 is 17.7. The lowest BCUT2D eigenvalue weighted by molar-refractivity contribution is -0.819. The van der Waals surface area contributed by atoms with Crippen LogP contribution in [0.4, 0.5) is 0 Å². The molecule has 0 aromatic carbocycles. The van der Waals surface area contributed by atoms with Gasteiger partial charge in [0.25, 0.3) is 0 Å². The number of nitrogens with zero attached hydrogens (tertiary/aromatic N) is 1. The Balaban J connectivity index is 3.40. The van der Waals surface area contributed by atoms with Crippen molar-refractivity contribution in [3.8, 4) is 0 Å². The molecule has 0 atom stereocenters. The molecule has 0 saturated carbocycles. The van der Waals surface area contributed by atoms with Crippen LogP contribution in [0.2, 0.25) is 0 Å². The fraction of sp³-hybridized carbons (Fsp3) is 1.00. The van der Waals surface area contributed by atoms with E-state index in [-0.39, 0.29) is 0 Å². The van der Waals surface area contributed by atoms with Crippen molar-refractivity contribution in [1.29, 1.82) is 0 Å². The number of quaternary nitrogens is 1. The molecule has 5 heteroatoms. The van der Waals surface area contributed by atoms with Crippen LogP contribution in [0.25, 0.3) is 0 Å². The molecule has 0 aromatic rings. The Morgan fingerprint density at radius 3 is 0.968 bits per heavy atom. The Bertz CT molecular complexity index is 367. The standard InChI is InChI=1S/C26H58NO3Si/c1-7-8-9-10-11-12-13-14-15-16-17-18-19-20-21-22-23-24-25-26-27(2,3)31(28-4,29-5)30-6/h7-26H2,1-6H3/q+1. The largest absolute Gasteiger partial charge is 0.783 e. The number of hydrogen-bond acceptors (Lipinski definition) is 3. The molecule has 0 aliphatic carbocycles. The highest BCUT2D eigenvalue weighted by Crippen LogP contribution is 2.20. The van der Waals surface area contributed by atoms with Gasteiger partial charge in [0.15, 0.2) is 0 Å². The van der Waals surface area contributed by atoms with E-state index in [1.165, 1.54) is 122 Å². The molecule has 0 bridgehead atoms. The smallest absolute Gasteiger partial charge is 0.328 e. The van der Waals surface area contributed by atoms with Crippen LogP contribution >= 0.6 is 0 Å². The number of rotatable bonds is 24. The Labute approximate surface area is 197 Å². The molecule has 4 nitrogen and oxygen atoms in total. The SMILES string of the molecule is CCCCCCCCCCCCCCCCCCCCC[N+](C)(C)[Si](OC)(OC)OC. The van der Waals surface area contributed by atoms with Crippen molar-refractivity contribution in [3.63, 3.8) is 0 Å². The van der Waals surface area contributed by atoms with Gasteiger partial charge in [0.1, 0.15) is 0 Å². The van der Waals surface area contributed by atoms with Gasteiger partial charge in [-0.15, -0.1) is 0 Å². The van der Waals surface area contributed by atoms with Crippen LogP contribution in [0, 0.1) is 0 Å². The molecule has 0 aliphatic rings. The van der Waals surface area contributed by atoms with Crippen molar-refractivity contribution in [2.24, 2.45) is 0 Å². The minimum Gasteiger partial charge on any atom is -0.328 e. The second kappa shape index (κ2) is 20.6. The molecule has 0 N–H and O–H groups in total. The summed E-state index contributed by atoms with van der Waals surface area (Å²) in [5.74, 6) is 0. The molecular formula is C26H58NO3Si+. The summed E-state index contributed by atoms with van der Waals surface area (Å²) in [4.78, 5) is 0. The van der Waals surface area contributed by atoms with Crippen molar-refractivity contribution in [2.45, 2.75) is 129 Å². The summed E-state index contributed by atoms with van der Waals surface area (Å²) in [7, 11) is 6.82. The van der Waals surface area contributed by atoms with E-state index in [0.29, 0.717) is 4.15 Å². The maximum atomic E-state index is 5.66. The summed E-state index contributed by atoms with van der Waals surface area (Å²) >= 11 is 0. The average molecular weight is 461 g/mol. The number of hydrogen-bond donors (Lipinski definition) is 0. The first-order valence-electron chi connectivity index (χ1n) is 13.5. The number of unbranched alkanes of at least 4 members (excludes halogenated alkanes) is 18. The highest BCUT2D eigenvalue weighted by atomic mass is 28.4. The van der Waals surface area contributed by atoms with Crippen LogP contribution in [0.5, 0.6) is 0 Å². The quantitative estimate of drug-likeness (QED) is 0.108. The third-order valence-corrected chi connectivity index (χ3v) is 10.1. The summed E-state index contributed by atoms with van der Waals surface area (Å²) in [5, 5.41) is 0. The molecule has 31 heavy (non-hydrogen) atoms. The molecule has 0 aliphatic heterocycles. The Hall–Kier alpha value is 0.0569. The van der Waals surface area contributed by atoms with Gasteiger partial charge in [-0.2, -0.15) is 0 Å². The average Bonchev–Trinajstić information content (AvgIpc) is 2.76. The molecule has 0 rings (SSSR count). The second-order valence-corrected chi connectivity index (χ2v) is 13.4. The van der Waals surface area contributed by atoms with Crippen LogP contribution in [0.15, 0.2) is 0 Å². The fourth-order valence-electron chi connectivity index (χ4n) is 4.71. The topological polar surface area (TPSA) is 27.7 Å². The molecule has 0 heterocycles. The van der Waals surface area contributed by atoms with Crippen molar-refractivity contribution < 1.29 is 17.4 Å². The second-order valence-electron chi connectivity index (χ2n) is 9.91. The van der Waals surface area contributed by atoms with Gasteiger partial charge < -0.3 is 17.4 Å². The van der Waals surface area contributed by atoms with E-state index >= 15 is 0 Å². The molecule has 0 saturated heterocycles. The van der Waals surface area contributed by atoms with E-state index in [1.54, 1.807) is 21.3 Å². The van der Waals surface area contributed by atoms with Crippen molar-refractivity contribution >= 4 is 8.97 Å².